The number of carbonyl (C=O) groups is 1. The molecule has 1 unspecified atom stereocenters. The van der Waals surface area contributed by atoms with E-state index < -0.39 is 0 Å². The maximum atomic E-state index is 12.3. The van der Waals surface area contributed by atoms with Gasteiger partial charge in [-0.05, 0) is 26.3 Å². The number of rotatable bonds is 6. The number of carbonyl (C=O) groups excluding carboxylic acids is 1. The van der Waals surface area contributed by atoms with Crippen molar-refractivity contribution < 1.29 is 19.0 Å². The highest BCUT2D eigenvalue weighted by Crippen LogP contribution is 2.34. The highest BCUT2D eigenvalue weighted by molar-refractivity contribution is 5.89. The lowest BCUT2D eigenvalue weighted by Crippen LogP contribution is -2.23. The Hall–Kier alpha value is -2.17. The van der Waals surface area contributed by atoms with Crippen molar-refractivity contribution in [1.82, 2.24) is 4.57 Å². The molecule has 0 radical (unpaired) electrons. The third kappa shape index (κ3) is 3.03. The third-order valence-corrected chi connectivity index (χ3v) is 3.58. The van der Waals surface area contributed by atoms with E-state index in [0.717, 1.165) is 16.7 Å². The molecule has 5 nitrogen and oxygen atoms in total. The molecule has 22 heavy (non-hydrogen) atoms. The highest BCUT2D eigenvalue weighted by atomic mass is 16.5. The Morgan fingerprint density at radius 3 is 2.50 bits per heavy atom. The summed E-state index contributed by atoms with van der Waals surface area (Å²) < 4.78 is 18.0. The highest BCUT2D eigenvalue weighted by Gasteiger charge is 2.23. The molecule has 0 fully saturated rings. The van der Waals surface area contributed by atoms with Crippen molar-refractivity contribution >= 4 is 16.9 Å². The lowest BCUT2D eigenvalue weighted by atomic mass is 10.2. The van der Waals surface area contributed by atoms with E-state index >= 15 is 0 Å². The zero-order valence-corrected chi connectivity index (χ0v) is 13.8. The average Bonchev–Trinajstić information content (AvgIpc) is 2.90. The lowest BCUT2D eigenvalue weighted by molar-refractivity contribution is -0.151. The van der Waals surface area contributed by atoms with Gasteiger partial charge in [0.25, 0.3) is 0 Å². The molecule has 0 saturated carbocycles. The first-order valence-corrected chi connectivity index (χ1v) is 7.44. The van der Waals surface area contributed by atoms with Crippen molar-refractivity contribution in [1.29, 1.82) is 0 Å². The molecule has 0 aliphatic heterocycles. The summed E-state index contributed by atoms with van der Waals surface area (Å²) in [5.41, 5.74) is 0.892. The fourth-order valence-corrected chi connectivity index (χ4v) is 2.55. The van der Waals surface area contributed by atoms with Gasteiger partial charge in [0.15, 0.2) is 0 Å². The molecule has 0 aliphatic rings. The average molecular weight is 305 g/mol. The van der Waals surface area contributed by atoms with E-state index in [1.54, 1.807) is 14.2 Å². The lowest BCUT2D eigenvalue weighted by Gasteiger charge is -2.19. The molecule has 0 bridgehead atoms. The molecular weight excluding hydrogens is 282 g/mol. The van der Waals surface area contributed by atoms with Crippen LogP contribution in [-0.2, 0) is 9.53 Å². The van der Waals surface area contributed by atoms with Gasteiger partial charge in [-0.2, -0.15) is 0 Å². The first-order valence-electron chi connectivity index (χ1n) is 7.44. The normalized spacial score (nSPS) is 12.5. The second kappa shape index (κ2) is 6.73. The second-order valence-corrected chi connectivity index (χ2v) is 5.40. The number of methoxy groups -OCH3 is 2. The van der Waals surface area contributed by atoms with Gasteiger partial charge in [-0.15, -0.1) is 0 Å². The summed E-state index contributed by atoms with van der Waals surface area (Å²) in [5.74, 6) is 1.19. The van der Waals surface area contributed by atoms with E-state index in [2.05, 4.69) is 0 Å². The quantitative estimate of drug-likeness (QED) is 0.766. The minimum atomic E-state index is -0.364. The molecule has 0 N–H and O–H groups in total. The fraction of sp³-hybridized carbons (Fsp3) is 0.471. The van der Waals surface area contributed by atoms with E-state index in [1.807, 2.05) is 49.7 Å². The number of esters is 1. The maximum Gasteiger partial charge on any atom is 0.329 e. The predicted molar refractivity (Wildman–Crippen MR) is 85.6 cm³/mol. The first kappa shape index (κ1) is 16.2. The molecule has 1 heterocycles. The monoisotopic (exact) mass is 305 g/mol. The van der Waals surface area contributed by atoms with E-state index in [0.29, 0.717) is 12.2 Å². The molecule has 1 aromatic heterocycles. The molecule has 0 amide bonds. The van der Waals surface area contributed by atoms with Crippen molar-refractivity contribution in [2.75, 3.05) is 14.2 Å². The summed E-state index contributed by atoms with van der Waals surface area (Å²) >= 11 is 0. The number of fused-ring (bicyclic) bond motifs is 1. The Balaban J connectivity index is 2.52. The van der Waals surface area contributed by atoms with Crippen molar-refractivity contribution in [2.45, 2.75) is 39.3 Å². The first-order chi connectivity index (χ1) is 10.5. The van der Waals surface area contributed by atoms with Crippen molar-refractivity contribution in [2.24, 2.45) is 0 Å². The molecule has 120 valence electrons. The third-order valence-electron chi connectivity index (χ3n) is 3.58. The number of ether oxygens (including phenoxy) is 3. The number of hydrogen-bond donors (Lipinski definition) is 0. The SMILES string of the molecule is CCC(C(=O)OC(C)C)n1ccc2c(OC)cc(OC)cc21. The van der Waals surface area contributed by atoms with Gasteiger partial charge < -0.3 is 18.8 Å². The Labute approximate surface area is 130 Å². The Morgan fingerprint density at radius 2 is 1.95 bits per heavy atom. The van der Waals surface area contributed by atoms with Crippen LogP contribution in [0, 0.1) is 0 Å². The van der Waals surface area contributed by atoms with Crippen LogP contribution in [-0.4, -0.2) is 30.9 Å². The predicted octanol–water partition coefficient (Wildman–Crippen LogP) is 3.56. The minimum absolute atomic E-state index is 0.132. The van der Waals surface area contributed by atoms with Gasteiger partial charge in [0, 0.05) is 23.7 Å². The van der Waals surface area contributed by atoms with Crippen LogP contribution in [0.15, 0.2) is 24.4 Å². The van der Waals surface area contributed by atoms with Gasteiger partial charge in [-0.1, -0.05) is 6.92 Å². The maximum absolute atomic E-state index is 12.3. The number of benzene rings is 1. The van der Waals surface area contributed by atoms with Gasteiger partial charge in [0.1, 0.15) is 17.5 Å². The van der Waals surface area contributed by atoms with Crippen molar-refractivity contribution in [3.8, 4) is 11.5 Å². The summed E-state index contributed by atoms with van der Waals surface area (Å²) in [6.45, 7) is 5.67. The molecule has 0 saturated heterocycles. The van der Waals surface area contributed by atoms with Gasteiger partial charge in [0.05, 0.1) is 25.8 Å². The molecular formula is C17H23NO4. The van der Waals surface area contributed by atoms with Crippen LogP contribution in [0.5, 0.6) is 11.5 Å². The standard InChI is InChI=1S/C17H23NO4/c1-6-14(17(19)22-11(2)3)18-8-7-13-15(18)9-12(20-4)10-16(13)21-5/h7-11,14H,6H2,1-5H3. The van der Waals surface area contributed by atoms with E-state index in [1.165, 1.54) is 0 Å². The number of hydrogen-bond acceptors (Lipinski definition) is 4. The largest absolute Gasteiger partial charge is 0.497 e. The molecule has 1 aromatic carbocycles. The van der Waals surface area contributed by atoms with Crippen LogP contribution in [0.2, 0.25) is 0 Å². The summed E-state index contributed by atoms with van der Waals surface area (Å²) in [7, 11) is 3.23. The zero-order valence-electron chi connectivity index (χ0n) is 13.8. The molecule has 5 heteroatoms. The van der Waals surface area contributed by atoms with Crippen LogP contribution in [0.1, 0.15) is 33.2 Å². The summed E-state index contributed by atoms with van der Waals surface area (Å²) in [6, 6.07) is 5.32. The van der Waals surface area contributed by atoms with E-state index in [9.17, 15) is 4.79 Å². The number of aromatic nitrogens is 1. The topological polar surface area (TPSA) is 49.7 Å². The van der Waals surface area contributed by atoms with Gasteiger partial charge >= 0.3 is 5.97 Å². The summed E-state index contributed by atoms with van der Waals surface area (Å²) in [6.07, 6.45) is 2.41. The number of nitrogens with zero attached hydrogens (tertiary/aromatic N) is 1. The van der Waals surface area contributed by atoms with Gasteiger partial charge in [-0.25, -0.2) is 4.79 Å². The molecule has 0 aliphatic carbocycles. The second-order valence-electron chi connectivity index (χ2n) is 5.40. The smallest absolute Gasteiger partial charge is 0.329 e. The fourth-order valence-electron chi connectivity index (χ4n) is 2.55. The van der Waals surface area contributed by atoms with Crippen LogP contribution in [0.25, 0.3) is 10.9 Å². The van der Waals surface area contributed by atoms with E-state index in [4.69, 9.17) is 14.2 Å². The molecule has 2 aromatic rings. The van der Waals surface area contributed by atoms with Crippen molar-refractivity contribution in [3.63, 3.8) is 0 Å². The Morgan fingerprint density at radius 1 is 1.23 bits per heavy atom. The van der Waals surface area contributed by atoms with Gasteiger partial charge in [0.2, 0.25) is 0 Å². The van der Waals surface area contributed by atoms with Gasteiger partial charge in [-0.3, -0.25) is 0 Å². The Bertz CT molecular complexity index is 660. The van der Waals surface area contributed by atoms with Crippen molar-refractivity contribution in [3.05, 3.63) is 24.4 Å². The molecule has 2 rings (SSSR count). The van der Waals surface area contributed by atoms with Crippen LogP contribution >= 0.6 is 0 Å². The molecule has 0 spiro atoms. The zero-order chi connectivity index (χ0) is 16.3. The van der Waals surface area contributed by atoms with Crippen LogP contribution in [0.4, 0.5) is 0 Å². The Kier molecular flexibility index (Phi) is 4.96. The van der Waals surface area contributed by atoms with E-state index in [-0.39, 0.29) is 18.1 Å². The van der Waals surface area contributed by atoms with Crippen LogP contribution in [0.3, 0.4) is 0 Å². The summed E-state index contributed by atoms with van der Waals surface area (Å²) in [4.78, 5) is 12.3. The minimum Gasteiger partial charge on any atom is -0.497 e. The van der Waals surface area contributed by atoms with Crippen LogP contribution < -0.4 is 9.47 Å². The summed E-state index contributed by atoms with van der Waals surface area (Å²) in [5, 5.41) is 0.944. The molecule has 1 atom stereocenters.